The summed E-state index contributed by atoms with van der Waals surface area (Å²) in [6.07, 6.45) is 3.29. The highest BCUT2D eigenvalue weighted by atomic mass is 32.2. The lowest BCUT2D eigenvalue weighted by Crippen LogP contribution is -2.19. The standard InChI is InChI=1S/C12H19NS/c1-4-9-13-10(2)11-5-7-12(14-3)8-6-11/h5-8,10,13H,4,9H2,1-3H3/t10-/m0/s1. The van der Waals surface area contributed by atoms with Gasteiger partial charge in [0.15, 0.2) is 0 Å². The van der Waals surface area contributed by atoms with E-state index in [1.165, 1.54) is 16.9 Å². The van der Waals surface area contributed by atoms with Crippen LogP contribution in [0.2, 0.25) is 0 Å². The van der Waals surface area contributed by atoms with Crippen LogP contribution in [0.25, 0.3) is 0 Å². The van der Waals surface area contributed by atoms with Crippen molar-refractivity contribution in [3.05, 3.63) is 29.8 Å². The fraction of sp³-hybridized carbons (Fsp3) is 0.500. The smallest absolute Gasteiger partial charge is 0.0291 e. The number of thioether (sulfide) groups is 1. The van der Waals surface area contributed by atoms with Crippen LogP contribution in [0, 0.1) is 0 Å². The topological polar surface area (TPSA) is 12.0 Å². The maximum Gasteiger partial charge on any atom is 0.0291 e. The third-order valence-electron chi connectivity index (χ3n) is 2.32. The lowest BCUT2D eigenvalue weighted by molar-refractivity contribution is 0.570. The zero-order chi connectivity index (χ0) is 10.4. The van der Waals surface area contributed by atoms with Crippen LogP contribution < -0.4 is 5.32 Å². The maximum absolute atomic E-state index is 3.48. The average Bonchev–Trinajstić information content (AvgIpc) is 2.26. The van der Waals surface area contributed by atoms with Crippen molar-refractivity contribution >= 4 is 11.8 Å². The molecule has 0 saturated heterocycles. The minimum absolute atomic E-state index is 0.464. The van der Waals surface area contributed by atoms with Gasteiger partial charge >= 0.3 is 0 Å². The molecular formula is C12H19NS. The van der Waals surface area contributed by atoms with E-state index >= 15 is 0 Å². The Bertz CT molecular complexity index is 256. The van der Waals surface area contributed by atoms with Gasteiger partial charge in [0.25, 0.3) is 0 Å². The van der Waals surface area contributed by atoms with Gasteiger partial charge in [-0.15, -0.1) is 11.8 Å². The van der Waals surface area contributed by atoms with Gasteiger partial charge in [-0.05, 0) is 43.8 Å². The van der Waals surface area contributed by atoms with Crippen molar-refractivity contribution in [3.63, 3.8) is 0 Å². The van der Waals surface area contributed by atoms with E-state index < -0.39 is 0 Å². The van der Waals surface area contributed by atoms with Crippen molar-refractivity contribution in [2.75, 3.05) is 12.8 Å². The van der Waals surface area contributed by atoms with Gasteiger partial charge in [-0.3, -0.25) is 0 Å². The van der Waals surface area contributed by atoms with E-state index in [-0.39, 0.29) is 0 Å². The van der Waals surface area contributed by atoms with E-state index in [0.717, 1.165) is 6.54 Å². The minimum atomic E-state index is 0.464. The van der Waals surface area contributed by atoms with Crippen molar-refractivity contribution in [1.29, 1.82) is 0 Å². The summed E-state index contributed by atoms with van der Waals surface area (Å²) in [5.41, 5.74) is 1.37. The Balaban J connectivity index is 2.57. The van der Waals surface area contributed by atoms with Gasteiger partial charge < -0.3 is 5.32 Å². The first kappa shape index (κ1) is 11.6. The molecule has 0 heterocycles. The molecule has 0 spiro atoms. The number of nitrogens with one attached hydrogen (secondary N) is 1. The Hall–Kier alpha value is -0.470. The molecule has 0 aromatic heterocycles. The van der Waals surface area contributed by atoms with Gasteiger partial charge in [0, 0.05) is 10.9 Å². The molecule has 0 bridgehead atoms. The van der Waals surface area contributed by atoms with Crippen LogP contribution in [0.15, 0.2) is 29.2 Å². The van der Waals surface area contributed by atoms with Gasteiger partial charge in [-0.1, -0.05) is 19.1 Å². The highest BCUT2D eigenvalue weighted by molar-refractivity contribution is 7.98. The first-order valence-corrected chi connectivity index (χ1v) is 6.37. The molecule has 0 amide bonds. The largest absolute Gasteiger partial charge is 0.310 e. The first-order valence-electron chi connectivity index (χ1n) is 5.15. The molecule has 2 heteroatoms. The van der Waals surface area contributed by atoms with Gasteiger partial charge in [-0.25, -0.2) is 0 Å². The van der Waals surface area contributed by atoms with Crippen molar-refractivity contribution in [1.82, 2.24) is 5.32 Å². The molecule has 0 fully saturated rings. The normalized spacial score (nSPS) is 12.8. The summed E-state index contributed by atoms with van der Waals surface area (Å²) >= 11 is 1.79. The van der Waals surface area contributed by atoms with Crippen LogP contribution in [0.4, 0.5) is 0 Å². The molecular weight excluding hydrogens is 190 g/mol. The molecule has 0 aliphatic rings. The second-order valence-electron chi connectivity index (χ2n) is 3.45. The quantitative estimate of drug-likeness (QED) is 0.745. The highest BCUT2D eigenvalue weighted by Gasteiger charge is 2.02. The molecule has 1 rings (SSSR count). The average molecular weight is 209 g/mol. The lowest BCUT2D eigenvalue weighted by atomic mass is 10.1. The van der Waals surface area contributed by atoms with Crippen LogP contribution in [0.1, 0.15) is 31.9 Å². The Morgan fingerprint density at radius 2 is 1.93 bits per heavy atom. The second kappa shape index (κ2) is 6.10. The molecule has 0 unspecified atom stereocenters. The third-order valence-corrected chi connectivity index (χ3v) is 3.06. The predicted octanol–water partition coefficient (Wildman–Crippen LogP) is 3.47. The van der Waals surface area contributed by atoms with E-state index in [4.69, 9.17) is 0 Å². The van der Waals surface area contributed by atoms with Gasteiger partial charge in [0.2, 0.25) is 0 Å². The number of hydrogen-bond donors (Lipinski definition) is 1. The van der Waals surface area contributed by atoms with Crippen LogP contribution in [-0.4, -0.2) is 12.8 Å². The van der Waals surface area contributed by atoms with Crippen molar-refractivity contribution < 1.29 is 0 Å². The molecule has 1 N–H and O–H groups in total. The summed E-state index contributed by atoms with van der Waals surface area (Å²) in [5.74, 6) is 0. The maximum atomic E-state index is 3.48. The number of benzene rings is 1. The SMILES string of the molecule is CCCN[C@@H](C)c1ccc(SC)cc1. The van der Waals surface area contributed by atoms with Gasteiger partial charge in [0.1, 0.15) is 0 Å². The van der Waals surface area contributed by atoms with Crippen molar-refractivity contribution in [3.8, 4) is 0 Å². The van der Waals surface area contributed by atoms with E-state index in [9.17, 15) is 0 Å². The van der Waals surface area contributed by atoms with E-state index in [0.29, 0.717) is 6.04 Å². The molecule has 0 saturated carbocycles. The molecule has 14 heavy (non-hydrogen) atoms. The predicted molar refractivity (Wildman–Crippen MR) is 64.9 cm³/mol. The minimum Gasteiger partial charge on any atom is -0.310 e. The van der Waals surface area contributed by atoms with Crippen LogP contribution >= 0.6 is 11.8 Å². The van der Waals surface area contributed by atoms with Crippen molar-refractivity contribution in [2.45, 2.75) is 31.2 Å². The Morgan fingerprint density at radius 1 is 1.29 bits per heavy atom. The lowest BCUT2D eigenvalue weighted by Gasteiger charge is -2.13. The summed E-state index contributed by atoms with van der Waals surface area (Å²) in [6.45, 7) is 5.49. The Labute approximate surface area is 91.3 Å². The summed E-state index contributed by atoms with van der Waals surface area (Å²) in [6, 6.07) is 9.25. The second-order valence-corrected chi connectivity index (χ2v) is 4.33. The monoisotopic (exact) mass is 209 g/mol. The molecule has 1 aromatic carbocycles. The summed E-state index contributed by atoms with van der Waals surface area (Å²) in [5, 5.41) is 3.48. The Kier molecular flexibility index (Phi) is 5.05. The summed E-state index contributed by atoms with van der Waals surface area (Å²) in [7, 11) is 0. The molecule has 0 aliphatic carbocycles. The van der Waals surface area contributed by atoms with E-state index in [1.54, 1.807) is 11.8 Å². The third kappa shape index (κ3) is 3.35. The fourth-order valence-electron chi connectivity index (χ4n) is 1.37. The first-order chi connectivity index (χ1) is 6.77. The zero-order valence-electron chi connectivity index (χ0n) is 9.21. The molecule has 78 valence electrons. The molecule has 0 aliphatic heterocycles. The highest BCUT2D eigenvalue weighted by Crippen LogP contribution is 2.18. The molecule has 1 aromatic rings. The number of hydrogen-bond acceptors (Lipinski definition) is 2. The van der Waals surface area contributed by atoms with E-state index in [2.05, 4.69) is 49.7 Å². The molecule has 0 radical (unpaired) electrons. The fourth-order valence-corrected chi connectivity index (χ4v) is 1.78. The summed E-state index contributed by atoms with van der Waals surface area (Å²) < 4.78 is 0. The van der Waals surface area contributed by atoms with Gasteiger partial charge in [-0.2, -0.15) is 0 Å². The Morgan fingerprint density at radius 3 is 2.43 bits per heavy atom. The van der Waals surface area contributed by atoms with Crippen LogP contribution in [0.5, 0.6) is 0 Å². The van der Waals surface area contributed by atoms with Crippen LogP contribution in [0.3, 0.4) is 0 Å². The van der Waals surface area contributed by atoms with Crippen LogP contribution in [-0.2, 0) is 0 Å². The molecule has 1 nitrogen and oxygen atoms in total. The number of rotatable bonds is 5. The summed E-state index contributed by atoms with van der Waals surface area (Å²) in [4.78, 5) is 1.33. The molecule has 1 atom stereocenters. The van der Waals surface area contributed by atoms with E-state index in [1.807, 2.05) is 0 Å². The van der Waals surface area contributed by atoms with Gasteiger partial charge in [0.05, 0.1) is 0 Å². The zero-order valence-corrected chi connectivity index (χ0v) is 10.0. The van der Waals surface area contributed by atoms with Crippen molar-refractivity contribution in [2.24, 2.45) is 0 Å².